The fraction of sp³-hybridized carbons (Fsp3) is 0.350. The first kappa shape index (κ1) is 22.6. The summed E-state index contributed by atoms with van der Waals surface area (Å²) in [7, 11) is 0. The highest BCUT2D eigenvalue weighted by Gasteiger charge is 2.43. The Morgan fingerprint density at radius 3 is 2.56 bits per heavy atom. The van der Waals surface area contributed by atoms with Crippen LogP contribution in [0.2, 0.25) is 10.0 Å². The van der Waals surface area contributed by atoms with Crippen LogP contribution in [0.25, 0.3) is 0 Å². The van der Waals surface area contributed by atoms with E-state index in [-0.39, 0.29) is 29.0 Å². The summed E-state index contributed by atoms with van der Waals surface area (Å²) in [4.78, 5) is 12.8. The molecule has 32 heavy (non-hydrogen) atoms. The summed E-state index contributed by atoms with van der Waals surface area (Å²) in [5.74, 6) is -1.26. The smallest absolute Gasteiger partial charge is 0.306 e. The summed E-state index contributed by atoms with van der Waals surface area (Å²) >= 11 is 12.1. The second kappa shape index (κ2) is 8.40. The molecule has 1 saturated carbocycles. The molecular weight excluding hydrogens is 473 g/mol. The van der Waals surface area contributed by atoms with E-state index in [1.165, 1.54) is 23.9 Å². The molecule has 3 aromatic rings. The van der Waals surface area contributed by atoms with E-state index in [9.17, 15) is 22.4 Å². The fourth-order valence-electron chi connectivity index (χ4n) is 3.32. The zero-order chi connectivity index (χ0) is 23.2. The predicted octanol–water partition coefficient (Wildman–Crippen LogP) is 5.67. The largest absolute Gasteiger partial charge is 0.436 e. The maximum atomic E-state index is 13.9. The van der Waals surface area contributed by atoms with Gasteiger partial charge in [0.05, 0.1) is 17.3 Å². The maximum Gasteiger partial charge on any atom is 0.436 e. The van der Waals surface area contributed by atoms with Gasteiger partial charge in [-0.1, -0.05) is 41.4 Å². The van der Waals surface area contributed by atoms with Gasteiger partial charge >= 0.3 is 6.18 Å². The van der Waals surface area contributed by atoms with Crippen LogP contribution in [0.15, 0.2) is 30.5 Å². The van der Waals surface area contributed by atoms with E-state index in [0.717, 1.165) is 4.68 Å². The third kappa shape index (κ3) is 4.47. The van der Waals surface area contributed by atoms with E-state index in [1.807, 2.05) is 0 Å². The van der Waals surface area contributed by atoms with E-state index < -0.39 is 34.7 Å². The molecule has 1 atom stereocenters. The van der Waals surface area contributed by atoms with E-state index in [0.29, 0.717) is 18.4 Å². The Morgan fingerprint density at radius 1 is 1.25 bits per heavy atom. The van der Waals surface area contributed by atoms with Crippen molar-refractivity contribution in [2.24, 2.45) is 0 Å². The Bertz CT molecular complexity index is 1170. The summed E-state index contributed by atoms with van der Waals surface area (Å²) in [5.41, 5.74) is -0.649. The molecule has 2 heterocycles. The summed E-state index contributed by atoms with van der Waals surface area (Å²) < 4.78 is 56.1. The van der Waals surface area contributed by atoms with Crippen molar-refractivity contribution in [3.63, 3.8) is 0 Å². The number of amides is 1. The zero-order valence-electron chi connectivity index (χ0n) is 16.6. The molecule has 1 amide bonds. The Labute approximate surface area is 190 Å². The van der Waals surface area contributed by atoms with Gasteiger partial charge in [0.1, 0.15) is 16.9 Å². The predicted molar refractivity (Wildman–Crippen MR) is 110 cm³/mol. The van der Waals surface area contributed by atoms with Crippen molar-refractivity contribution in [2.45, 2.75) is 44.4 Å². The number of benzene rings is 1. The minimum absolute atomic E-state index is 0.00197. The molecule has 0 bridgehead atoms. The quantitative estimate of drug-likeness (QED) is 0.453. The van der Waals surface area contributed by atoms with Gasteiger partial charge < -0.3 is 5.32 Å². The Balaban J connectivity index is 1.55. The van der Waals surface area contributed by atoms with Crippen molar-refractivity contribution in [1.29, 1.82) is 0 Å². The van der Waals surface area contributed by atoms with Gasteiger partial charge in [-0.25, -0.2) is 4.39 Å². The van der Waals surface area contributed by atoms with E-state index in [4.69, 9.17) is 23.2 Å². The molecular formula is C20H17Cl2F4N5O. The highest BCUT2D eigenvalue weighted by Crippen LogP contribution is 2.47. The number of nitrogens with one attached hydrogen (secondary N) is 1. The Morgan fingerprint density at radius 2 is 1.94 bits per heavy atom. The molecule has 0 saturated heterocycles. The van der Waals surface area contributed by atoms with Gasteiger partial charge in [-0.2, -0.15) is 23.4 Å². The molecule has 0 spiro atoms. The third-order valence-electron chi connectivity index (χ3n) is 5.12. The molecule has 1 fully saturated rings. The molecule has 6 nitrogen and oxygen atoms in total. The van der Waals surface area contributed by atoms with Crippen LogP contribution in [0, 0.1) is 5.82 Å². The van der Waals surface area contributed by atoms with Crippen LogP contribution in [0.3, 0.4) is 0 Å². The highest BCUT2D eigenvalue weighted by molar-refractivity contribution is 6.33. The molecule has 1 N–H and O–H groups in total. The summed E-state index contributed by atoms with van der Waals surface area (Å²) in [6.45, 7) is 1.49. The number of alkyl halides is 3. The number of anilines is 1. The Hall–Kier alpha value is -2.59. The van der Waals surface area contributed by atoms with E-state index in [1.54, 1.807) is 18.2 Å². The topological polar surface area (TPSA) is 64.7 Å². The monoisotopic (exact) mass is 489 g/mol. The first-order valence-electron chi connectivity index (χ1n) is 9.68. The lowest BCUT2D eigenvalue weighted by atomic mass is 10.2. The van der Waals surface area contributed by atoms with Gasteiger partial charge in [-0.3, -0.25) is 14.2 Å². The van der Waals surface area contributed by atoms with Crippen molar-refractivity contribution in [1.82, 2.24) is 19.6 Å². The maximum absolute atomic E-state index is 13.9. The second-order valence-electron chi connectivity index (χ2n) is 7.54. The highest BCUT2D eigenvalue weighted by atomic mass is 35.5. The van der Waals surface area contributed by atoms with Gasteiger partial charge in [0.15, 0.2) is 11.5 Å². The van der Waals surface area contributed by atoms with Crippen molar-refractivity contribution in [3.05, 3.63) is 63.3 Å². The lowest BCUT2D eigenvalue weighted by molar-refractivity contribution is -0.141. The van der Waals surface area contributed by atoms with Crippen molar-refractivity contribution in [3.8, 4) is 0 Å². The minimum atomic E-state index is -4.74. The number of carbonyl (C=O) groups excluding carboxylic acids is 1. The third-order valence-corrected chi connectivity index (χ3v) is 5.76. The van der Waals surface area contributed by atoms with Gasteiger partial charge in [-0.15, -0.1) is 0 Å². The van der Waals surface area contributed by atoms with Crippen LogP contribution < -0.4 is 5.32 Å². The molecule has 0 aliphatic heterocycles. The van der Waals surface area contributed by atoms with E-state index in [2.05, 4.69) is 15.5 Å². The van der Waals surface area contributed by atoms with Crippen LogP contribution >= 0.6 is 23.2 Å². The number of rotatable bonds is 6. The van der Waals surface area contributed by atoms with Crippen LogP contribution in [0.5, 0.6) is 0 Å². The minimum Gasteiger partial charge on any atom is -0.306 e. The van der Waals surface area contributed by atoms with Crippen LogP contribution in [-0.4, -0.2) is 25.5 Å². The second-order valence-corrected chi connectivity index (χ2v) is 8.33. The van der Waals surface area contributed by atoms with Crippen LogP contribution in [0.4, 0.5) is 23.4 Å². The molecule has 4 rings (SSSR count). The van der Waals surface area contributed by atoms with E-state index >= 15 is 0 Å². The standard InChI is InChI=1S/C20H17Cl2F4N5O/c1-10(31-16(11-6-7-11)15(22)17(28-31)20(24,25)26)19(32)27-18-13(21)9-30(29-18)8-12-4-2-3-5-14(12)23/h2-5,9-11H,6-8H2,1H3,(H,27,29,32). The molecule has 2 aromatic heterocycles. The molecule has 170 valence electrons. The van der Waals surface area contributed by atoms with Crippen molar-refractivity contribution in [2.75, 3.05) is 5.32 Å². The molecule has 12 heteroatoms. The number of carbonyl (C=O) groups is 1. The molecule has 1 aliphatic carbocycles. The molecule has 1 aromatic carbocycles. The normalized spacial score (nSPS) is 15.1. The number of halogens is 6. The number of hydrogen-bond acceptors (Lipinski definition) is 3. The molecule has 1 unspecified atom stereocenters. The molecule has 1 aliphatic rings. The summed E-state index contributed by atoms with van der Waals surface area (Å²) in [6.07, 6.45) is -1.99. The summed E-state index contributed by atoms with van der Waals surface area (Å²) in [6, 6.07) is 5.03. The van der Waals surface area contributed by atoms with Crippen molar-refractivity contribution < 1.29 is 22.4 Å². The first-order chi connectivity index (χ1) is 15.1. The fourth-order valence-corrected chi connectivity index (χ4v) is 3.91. The SMILES string of the molecule is CC(C(=O)Nc1nn(Cc2ccccc2F)cc1Cl)n1nc(C(F)(F)F)c(Cl)c1C1CC1. The average molecular weight is 490 g/mol. The summed E-state index contributed by atoms with van der Waals surface area (Å²) in [5, 5.41) is 9.86. The first-order valence-corrected chi connectivity index (χ1v) is 10.4. The lowest BCUT2D eigenvalue weighted by Gasteiger charge is -2.15. The van der Waals surface area contributed by atoms with Gasteiger partial charge in [0.2, 0.25) is 5.91 Å². The van der Waals surface area contributed by atoms with Crippen LogP contribution in [-0.2, 0) is 17.5 Å². The Kier molecular flexibility index (Phi) is 5.93. The van der Waals surface area contributed by atoms with Gasteiger partial charge in [0, 0.05) is 17.7 Å². The average Bonchev–Trinajstić information content (AvgIpc) is 3.40. The number of aromatic nitrogens is 4. The number of nitrogens with zero attached hydrogens (tertiary/aromatic N) is 4. The van der Waals surface area contributed by atoms with Crippen LogP contribution in [0.1, 0.15) is 48.7 Å². The number of hydrogen-bond donors (Lipinski definition) is 1. The van der Waals surface area contributed by atoms with Gasteiger partial charge in [-0.05, 0) is 25.8 Å². The van der Waals surface area contributed by atoms with Gasteiger partial charge in [0.25, 0.3) is 0 Å². The lowest BCUT2D eigenvalue weighted by Crippen LogP contribution is -2.26. The van der Waals surface area contributed by atoms with Crippen molar-refractivity contribution >= 4 is 34.9 Å². The molecule has 0 radical (unpaired) electrons. The zero-order valence-corrected chi connectivity index (χ0v) is 18.1.